The second-order valence-corrected chi connectivity index (χ2v) is 6.88. The Bertz CT molecular complexity index is 739. The number of nitrogens with zero attached hydrogens (tertiary/aromatic N) is 2. The lowest BCUT2D eigenvalue weighted by Gasteiger charge is -2.23. The lowest BCUT2D eigenvalue weighted by Crippen LogP contribution is -2.40. The number of hydrogen-bond donors (Lipinski definition) is 0. The number of carbonyl (C=O) groups excluding carboxylic acids is 2. The number of hydrogen-bond acceptors (Lipinski definition) is 4. The van der Waals surface area contributed by atoms with Gasteiger partial charge in [0, 0.05) is 25.0 Å². The molecule has 0 aliphatic rings. The summed E-state index contributed by atoms with van der Waals surface area (Å²) in [5.41, 5.74) is 1.04. The van der Waals surface area contributed by atoms with E-state index in [1.165, 1.54) is 16.2 Å². The molecule has 0 atom stereocenters. The molecule has 0 fully saturated rings. The molecule has 6 heteroatoms. The zero-order valence-electron chi connectivity index (χ0n) is 15.8. The summed E-state index contributed by atoms with van der Waals surface area (Å²) in [7, 11) is 1.65. The normalized spacial score (nSPS) is 10.5. The molecular formula is C20H26N2O3S. The molecule has 0 aliphatic carbocycles. The van der Waals surface area contributed by atoms with Crippen molar-refractivity contribution in [2.75, 3.05) is 33.3 Å². The topological polar surface area (TPSA) is 49.9 Å². The molecule has 5 nitrogen and oxygen atoms in total. The van der Waals surface area contributed by atoms with Gasteiger partial charge in [0.1, 0.15) is 10.6 Å². The van der Waals surface area contributed by atoms with Crippen LogP contribution in [0, 0.1) is 0 Å². The largest absolute Gasteiger partial charge is 0.492 e. The highest BCUT2D eigenvalue weighted by atomic mass is 32.1. The number of ether oxygens (including phenoxy) is 1. The molecule has 2 amide bonds. The Morgan fingerprint density at radius 3 is 2.31 bits per heavy atom. The van der Waals surface area contributed by atoms with E-state index in [-0.39, 0.29) is 18.4 Å². The van der Waals surface area contributed by atoms with Crippen molar-refractivity contribution >= 4 is 23.2 Å². The van der Waals surface area contributed by atoms with Crippen molar-refractivity contribution in [2.45, 2.75) is 20.8 Å². The van der Waals surface area contributed by atoms with Gasteiger partial charge in [-0.1, -0.05) is 30.3 Å². The third kappa shape index (κ3) is 4.64. The highest BCUT2D eigenvalue weighted by Crippen LogP contribution is 2.37. The summed E-state index contributed by atoms with van der Waals surface area (Å²) in [5.74, 6) is 0.327. The van der Waals surface area contributed by atoms with Gasteiger partial charge in [-0.05, 0) is 32.4 Å². The predicted molar refractivity (Wildman–Crippen MR) is 106 cm³/mol. The van der Waals surface area contributed by atoms with Crippen LogP contribution in [-0.2, 0) is 4.79 Å². The minimum absolute atomic E-state index is 0.0522. The van der Waals surface area contributed by atoms with Crippen LogP contribution in [0.25, 0.3) is 10.4 Å². The number of amides is 2. The van der Waals surface area contributed by atoms with Crippen LogP contribution in [0.3, 0.4) is 0 Å². The van der Waals surface area contributed by atoms with Gasteiger partial charge in [0.25, 0.3) is 5.91 Å². The van der Waals surface area contributed by atoms with Crippen LogP contribution in [0.5, 0.6) is 5.75 Å². The van der Waals surface area contributed by atoms with E-state index in [0.29, 0.717) is 30.3 Å². The Morgan fingerprint density at radius 2 is 1.73 bits per heavy atom. The summed E-state index contributed by atoms with van der Waals surface area (Å²) < 4.78 is 5.67. The van der Waals surface area contributed by atoms with Gasteiger partial charge in [-0.3, -0.25) is 9.59 Å². The first-order valence-corrected chi connectivity index (χ1v) is 9.68. The number of carbonyl (C=O) groups is 2. The third-order valence-corrected chi connectivity index (χ3v) is 5.24. The van der Waals surface area contributed by atoms with Crippen LogP contribution in [0.2, 0.25) is 0 Å². The molecule has 0 radical (unpaired) electrons. The van der Waals surface area contributed by atoms with Crippen molar-refractivity contribution in [3.63, 3.8) is 0 Å². The Hall–Kier alpha value is -2.34. The number of thiophene rings is 1. The van der Waals surface area contributed by atoms with E-state index in [4.69, 9.17) is 4.74 Å². The number of rotatable bonds is 8. The first-order valence-electron chi connectivity index (χ1n) is 8.87. The van der Waals surface area contributed by atoms with E-state index in [9.17, 15) is 9.59 Å². The van der Waals surface area contributed by atoms with E-state index in [1.54, 1.807) is 11.9 Å². The van der Waals surface area contributed by atoms with Gasteiger partial charge in [-0.25, -0.2) is 0 Å². The van der Waals surface area contributed by atoms with Gasteiger partial charge in [0.15, 0.2) is 0 Å². The van der Waals surface area contributed by atoms with Crippen LogP contribution < -0.4 is 4.74 Å². The van der Waals surface area contributed by atoms with E-state index in [0.717, 1.165) is 10.4 Å². The molecule has 0 unspecified atom stereocenters. The second kappa shape index (κ2) is 9.38. The first-order chi connectivity index (χ1) is 12.5. The highest BCUT2D eigenvalue weighted by molar-refractivity contribution is 7.17. The van der Waals surface area contributed by atoms with Crippen molar-refractivity contribution in [1.82, 2.24) is 9.80 Å². The average molecular weight is 375 g/mol. The molecule has 1 heterocycles. The summed E-state index contributed by atoms with van der Waals surface area (Å²) in [4.78, 5) is 29.9. The van der Waals surface area contributed by atoms with Gasteiger partial charge >= 0.3 is 0 Å². The maximum Gasteiger partial charge on any atom is 0.267 e. The van der Waals surface area contributed by atoms with E-state index < -0.39 is 0 Å². The van der Waals surface area contributed by atoms with E-state index in [1.807, 2.05) is 57.2 Å². The number of benzene rings is 1. The molecule has 26 heavy (non-hydrogen) atoms. The SMILES string of the molecule is CCOc1cc(-c2ccccc2)sc1C(=O)N(C)CC(=O)N(CC)CC. The van der Waals surface area contributed by atoms with Gasteiger partial charge in [0.05, 0.1) is 13.2 Å². The minimum atomic E-state index is -0.193. The lowest BCUT2D eigenvalue weighted by atomic mass is 10.2. The maximum atomic E-state index is 12.9. The van der Waals surface area contributed by atoms with Crippen molar-refractivity contribution in [3.05, 3.63) is 41.3 Å². The van der Waals surface area contributed by atoms with Crippen molar-refractivity contribution < 1.29 is 14.3 Å². The monoisotopic (exact) mass is 374 g/mol. The second-order valence-electron chi connectivity index (χ2n) is 5.83. The fourth-order valence-electron chi connectivity index (χ4n) is 2.66. The Kier molecular flexibility index (Phi) is 7.21. The standard InChI is InChI=1S/C20H26N2O3S/c1-5-22(6-2)18(23)14-21(4)20(24)19-16(25-7-3)13-17(26-19)15-11-9-8-10-12-15/h8-13H,5-7,14H2,1-4H3. The maximum absolute atomic E-state index is 12.9. The van der Waals surface area contributed by atoms with Gasteiger partial charge < -0.3 is 14.5 Å². The van der Waals surface area contributed by atoms with Crippen molar-refractivity contribution in [3.8, 4) is 16.2 Å². The van der Waals surface area contributed by atoms with Crippen LogP contribution in [0.15, 0.2) is 36.4 Å². The van der Waals surface area contributed by atoms with Crippen LogP contribution in [-0.4, -0.2) is 54.9 Å². The van der Waals surface area contributed by atoms with Crippen LogP contribution in [0.1, 0.15) is 30.4 Å². The van der Waals surface area contributed by atoms with E-state index in [2.05, 4.69) is 0 Å². The fraction of sp³-hybridized carbons (Fsp3) is 0.400. The molecule has 140 valence electrons. The molecule has 0 saturated carbocycles. The minimum Gasteiger partial charge on any atom is -0.492 e. The molecule has 0 aliphatic heterocycles. The highest BCUT2D eigenvalue weighted by Gasteiger charge is 2.24. The molecule has 0 spiro atoms. The Labute approximate surface area is 159 Å². The van der Waals surface area contributed by atoms with Gasteiger partial charge in [-0.15, -0.1) is 11.3 Å². The lowest BCUT2D eigenvalue weighted by molar-refractivity contribution is -0.131. The quantitative estimate of drug-likeness (QED) is 0.707. The molecule has 0 N–H and O–H groups in total. The zero-order chi connectivity index (χ0) is 19.1. The number of likely N-dealkylation sites (N-methyl/N-ethyl adjacent to an activating group) is 2. The van der Waals surface area contributed by atoms with Crippen molar-refractivity contribution in [1.29, 1.82) is 0 Å². The van der Waals surface area contributed by atoms with Crippen molar-refractivity contribution in [2.24, 2.45) is 0 Å². The third-order valence-electron chi connectivity index (χ3n) is 4.09. The van der Waals surface area contributed by atoms with Gasteiger partial charge in [0.2, 0.25) is 5.91 Å². The fourth-order valence-corrected chi connectivity index (χ4v) is 3.76. The van der Waals surface area contributed by atoms with Crippen LogP contribution in [0.4, 0.5) is 0 Å². The van der Waals surface area contributed by atoms with Gasteiger partial charge in [-0.2, -0.15) is 0 Å². The van der Waals surface area contributed by atoms with E-state index >= 15 is 0 Å². The zero-order valence-corrected chi connectivity index (χ0v) is 16.6. The summed E-state index contributed by atoms with van der Waals surface area (Å²) in [5, 5.41) is 0. The molecule has 1 aromatic heterocycles. The Balaban J connectivity index is 2.24. The summed E-state index contributed by atoms with van der Waals surface area (Å²) in [6.07, 6.45) is 0. The molecule has 2 aromatic rings. The predicted octanol–water partition coefficient (Wildman–Crippen LogP) is 3.75. The smallest absolute Gasteiger partial charge is 0.267 e. The average Bonchev–Trinajstić information content (AvgIpc) is 3.07. The molecule has 1 aromatic carbocycles. The summed E-state index contributed by atoms with van der Waals surface area (Å²) in [6.45, 7) is 7.57. The van der Waals surface area contributed by atoms with Crippen LogP contribution >= 0.6 is 11.3 Å². The first kappa shape index (κ1) is 20.0. The molecule has 0 saturated heterocycles. The molecule has 2 rings (SSSR count). The summed E-state index contributed by atoms with van der Waals surface area (Å²) in [6, 6.07) is 11.8. The Morgan fingerprint density at radius 1 is 1.08 bits per heavy atom. The molecular weight excluding hydrogens is 348 g/mol. The summed E-state index contributed by atoms with van der Waals surface area (Å²) >= 11 is 1.39. The molecule has 0 bridgehead atoms.